The highest BCUT2D eigenvalue weighted by Gasteiger charge is 2.67. The molecule has 1 aromatic carbocycles. The Labute approximate surface area is 262 Å². The van der Waals surface area contributed by atoms with Gasteiger partial charge < -0.3 is 19.7 Å². The third-order valence-electron chi connectivity index (χ3n) is 8.36. The number of amides is 2. The van der Waals surface area contributed by atoms with Crippen molar-refractivity contribution in [1.82, 2.24) is 29.6 Å². The van der Waals surface area contributed by atoms with E-state index in [1.165, 1.54) is 6.92 Å². The Morgan fingerprint density at radius 2 is 1.86 bits per heavy atom. The van der Waals surface area contributed by atoms with Crippen LogP contribution in [-0.4, -0.2) is 80.1 Å². The molecule has 44 heavy (non-hydrogen) atoms. The Hall–Kier alpha value is -4.07. The van der Waals surface area contributed by atoms with E-state index >= 15 is 0 Å². The number of pyridine rings is 1. The summed E-state index contributed by atoms with van der Waals surface area (Å²) in [4.78, 5) is 55.1. The van der Waals surface area contributed by atoms with Crippen LogP contribution in [0.15, 0.2) is 47.3 Å². The molecule has 1 aliphatic heterocycles. The van der Waals surface area contributed by atoms with Crippen molar-refractivity contribution < 1.29 is 23.9 Å². The van der Waals surface area contributed by atoms with Crippen LogP contribution in [0.25, 0.3) is 22.0 Å². The van der Waals surface area contributed by atoms with E-state index in [2.05, 4.69) is 41.3 Å². The molecule has 2 fully saturated rings. The zero-order valence-corrected chi connectivity index (χ0v) is 26.4. The standard InChI is InChI=1S/C31H32BrN7O5/c1-17(40)28-22-9-19(21-12-33-18(2)34-13-21)8-20(15-43-3)29(22)38(37-28)14-27(41)39-23(10-31(16-44-4)11-24(31)39)30(42)36-26-7-5-6-25(32)35-26/h5-9,12-13,23-24H,10-11,14-16H2,1-4H3,(H,35,36,42)/t23-,24+,31+/m0/s1. The van der Waals surface area contributed by atoms with Gasteiger partial charge in [0.25, 0.3) is 0 Å². The number of hydrogen-bond acceptors (Lipinski definition) is 9. The summed E-state index contributed by atoms with van der Waals surface area (Å²) in [7, 11) is 3.21. The number of methoxy groups -OCH3 is 2. The number of aryl methyl sites for hydroxylation is 1. The minimum absolute atomic E-state index is 0.137. The quantitative estimate of drug-likeness (QED) is 0.197. The normalized spacial score (nSPS) is 20.5. The van der Waals surface area contributed by atoms with Crippen LogP contribution in [0.5, 0.6) is 0 Å². The van der Waals surface area contributed by atoms with E-state index in [4.69, 9.17) is 9.47 Å². The molecule has 6 rings (SSSR count). The van der Waals surface area contributed by atoms with Gasteiger partial charge in [0.1, 0.15) is 34.5 Å². The first-order chi connectivity index (χ1) is 21.1. The zero-order valence-electron chi connectivity index (χ0n) is 24.8. The van der Waals surface area contributed by atoms with Crippen LogP contribution in [0, 0.1) is 12.3 Å². The summed E-state index contributed by atoms with van der Waals surface area (Å²) in [5.41, 5.74) is 2.93. The van der Waals surface area contributed by atoms with E-state index in [0.717, 1.165) is 23.1 Å². The van der Waals surface area contributed by atoms with E-state index < -0.39 is 6.04 Å². The summed E-state index contributed by atoms with van der Waals surface area (Å²) in [6, 6.07) is 8.20. The number of halogens is 1. The van der Waals surface area contributed by atoms with Gasteiger partial charge in [-0.15, -0.1) is 0 Å². The average Bonchev–Trinajstić information content (AvgIpc) is 3.38. The molecule has 0 unspecified atom stereocenters. The van der Waals surface area contributed by atoms with Crippen LogP contribution >= 0.6 is 15.9 Å². The first-order valence-electron chi connectivity index (χ1n) is 14.2. The van der Waals surface area contributed by atoms with Crippen molar-refractivity contribution in [3.8, 4) is 11.1 Å². The predicted octanol–water partition coefficient (Wildman–Crippen LogP) is 3.95. The highest BCUT2D eigenvalue weighted by Crippen LogP contribution is 2.59. The van der Waals surface area contributed by atoms with Gasteiger partial charge in [-0.3, -0.25) is 19.1 Å². The van der Waals surface area contributed by atoms with Crippen LogP contribution in [0.2, 0.25) is 0 Å². The van der Waals surface area contributed by atoms with Crippen LogP contribution < -0.4 is 5.32 Å². The van der Waals surface area contributed by atoms with Gasteiger partial charge in [-0.1, -0.05) is 6.07 Å². The molecule has 13 heteroatoms. The van der Waals surface area contributed by atoms with Gasteiger partial charge >= 0.3 is 0 Å². The predicted molar refractivity (Wildman–Crippen MR) is 165 cm³/mol. The lowest BCUT2D eigenvalue weighted by atomic mass is 10.00. The minimum atomic E-state index is -0.710. The lowest BCUT2D eigenvalue weighted by Gasteiger charge is -2.27. The maximum atomic E-state index is 14.1. The van der Waals surface area contributed by atoms with E-state index in [9.17, 15) is 14.4 Å². The molecule has 1 saturated carbocycles. The fraction of sp³-hybridized carbons (Fsp3) is 0.387. The molecule has 4 aromatic rings. The molecule has 12 nitrogen and oxygen atoms in total. The summed E-state index contributed by atoms with van der Waals surface area (Å²) >= 11 is 3.33. The summed E-state index contributed by atoms with van der Waals surface area (Å²) in [6.45, 7) is 3.77. The highest BCUT2D eigenvalue weighted by atomic mass is 79.9. The molecule has 1 saturated heterocycles. The number of nitrogens with one attached hydrogen (secondary N) is 1. The lowest BCUT2D eigenvalue weighted by molar-refractivity contribution is -0.138. The Morgan fingerprint density at radius 1 is 1.09 bits per heavy atom. The van der Waals surface area contributed by atoms with Crippen LogP contribution in [0.1, 0.15) is 41.6 Å². The number of benzene rings is 1. The average molecular weight is 663 g/mol. The molecule has 4 heterocycles. The van der Waals surface area contributed by atoms with Gasteiger partial charge in [-0.05, 0) is 65.5 Å². The second kappa shape index (κ2) is 11.8. The van der Waals surface area contributed by atoms with Gasteiger partial charge in [0.05, 0.1) is 18.7 Å². The molecule has 0 spiro atoms. The molecule has 1 N–H and O–H groups in total. The van der Waals surface area contributed by atoms with Crippen molar-refractivity contribution in [1.29, 1.82) is 0 Å². The van der Waals surface area contributed by atoms with Gasteiger partial charge in [0.2, 0.25) is 11.8 Å². The van der Waals surface area contributed by atoms with E-state index in [0.29, 0.717) is 40.2 Å². The molecule has 2 aliphatic rings. The molecule has 3 atom stereocenters. The summed E-state index contributed by atoms with van der Waals surface area (Å²) in [6.07, 6.45) is 4.69. The second-order valence-electron chi connectivity index (χ2n) is 11.4. The van der Waals surface area contributed by atoms with E-state index in [1.54, 1.807) is 54.4 Å². The van der Waals surface area contributed by atoms with Gasteiger partial charge in [0, 0.05) is 61.5 Å². The smallest absolute Gasteiger partial charge is 0.248 e. The number of anilines is 1. The molecule has 1 aliphatic carbocycles. The number of ketones is 1. The molecule has 3 aromatic heterocycles. The second-order valence-corrected chi connectivity index (χ2v) is 12.2. The fourth-order valence-electron chi connectivity index (χ4n) is 6.36. The number of ether oxygens (including phenoxy) is 2. The molecular weight excluding hydrogens is 630 g/mol. The summed E-state index contributed by atoms with van der Waals surface area (Å²) in [5, 5.41) is 8.09. The van der Waals surface area contributed by atoms with Crippen molar-refractivity contribution >= 4 is 50.2 Å². The summed E-state index contributed by atoms with van der Waals surface area (Å²) < 4.78 is 13.2. The Balaban J connectivity index is 1.36. The maximum Gasteiger partial charge on any atom is 0.248 e. The van der Waals surface area contributed by atoms with Crippen LogP contribution in [0.4, 0.5) is 5.82 Å². The molecule has 2 amide bonds. The third kappa shape index (κ3) is 5.51. The van der Waals surface area contributed by atoms with Gasteiger partial charge in [-0.2, -0.15) is 5.10 Å². The number of piperidine rings is 1. The number of rotatable bonds is 10. The maximum absolute atomic E-state index is 14.1. The number of likely N-dealkylation sites (tertiary alicyclic amines) is 1. The number of aromatic nitrogens is 5. The monoisotopic (exact) mass is 661 g/mol. The van der Waals surface area contributed by atoms with Crippen molar-refractivity contribution in [3.05, 3.63) is 64.4 Å². The first kappa shape index (κ1) is 30.0. The molecule has 228 valence electrons. The largest absolute Gasteiger partial charge is 0.384 e. The number of carbonyl (C=O) groups excluding carboxylic acids is 3. The van der Waals surface area contributed by atoms with Crippen molar-refractivity contribution in [2.45, 2.75) is 51.9 Å². The lowest BCUT2D eigenvalue weighted by Crippen LogP contribution is -2.46. The number of fused-ring (bicyclic) bond motifs is 2. The molecule has 0 radical (unpaired) electrons. The SMILES string of the molecule is COCc1cc(-c2cnc(C)nc2)cc2c(C(C)=O)nn(CC(=O)N3[C@H](C(=O)Nc4cccc(Br)n4)C[C@]4(COC)C[C@@H]34)c12. The van der Waals surface area contributed by atoms with E-state index in [-0.39, 0.29) is 47.9 Å². The molecule has 0 bridgehead atoms. The minimum Gasteiger partial charge on any atom is -0.384 e. The van der Waals surface area contributed by atoms with Crippen LogP contribution in [0.3, 0.4) is 0 Å². The van der Waals surface area contributed by atoms with Gasteiger partial charge in [0.15, 0.2) is 5.78 Å². The number of carbonyl (C=O) groups is 3. The van der Waals surface area contributed by atoms with E-state index in [1.807, 2.05) is 19.1 Å². The number of hydrogen-bond donors (Lipinski definition) is 1. The Kier molecular flexibility index (Phi) is 8.03. The van der Waals surface area contributed by atoms with Crippen molar-refractivity contribution in [2.75, 3.05) is 26.1 Å². The number of Topliss-reactive ketones (excluding diaryl/α,β-unsaturated/α-hetero) is 1. The Morgan fingerprint density at radius 3 is 2.55 bits per heavy atom. The number of nitrogens with zero attached hydrogens (tertiary/aromatic N) is 6. The zero-order chi connectivity index (χ0) is 31.2. The van der Waals surface area contributed by atoms with Crippen molar-refractivity contribution in [3.63, 3.8) is 0 Å². The van der Waals surface area contributed by atoms with Gasteiger partial charge in [-0.25, -0.2) is 15.0 Å². The summed E-state index contributed by atoms with van der Waals surface area (Å²) in [5.74, 6) is 0.220. The first-order valence-corrected chi connectivity index (χ1v) is 15.0. The fourth-order valence-corrected chi connectivity index (χ4v) is 6.70. The topological polar surface area (TPSA) is 141 Å². The Bertz CT molecular complexity index is 1780. The highest BCUT2D eigenvalue weighted by molar-refractivity contribution is 9.10. The van der Waals surface area contributed by atoms with Crippen molar-refractivity contribution in [2.24, 2.45) is 5.41 Å². The van der Waals surface area contributed by atoms with Crippen LogP contribution in [-0.2, 0) is 32.2 Å². The molecular formula is C31H32BrN7O5. The third-order valence-corrected chi connectivity index (χ3v) is 8.80.